The third kappa shape index (κ3) is 2.49. The Morgan fingerprint density at radius 3 is 2.53 bits per heavy atom. The highest BCUT2D eigenvalue weighted by atomic mass is 16.5. The van der Waals surface area contributed by atoms with Crippen LogP contribution in [-0.2, 0) is 9.53 Å². The molecule has 0 aliphatic carbocycles. The summed E-state index contributed by atoms with van der Waals surface area (Å²) in [5.41, 5.74) is 0. The van der Waals surface area contributed by atoms with Gasteiger partial charge in [-0.25, -0.2) is 0 Å². The molecule has 1 aromatic rings. The highest BCUT2D eigenvalue weighted by molar-refractivity contribution is 5.77. The van der Waals surface area contributed by atoms with Crippen molar-refractivity contribution in [3.8, 4) is 5.88 Å². The van der Waals surface area contributed by atoms with Crippen LogP contribution in [0.25, 0.3) is 0 Å². The summed E-state index contributed by atoms with van der Waals surface area (Å²) in [5, 5.41) is 3.65. The summed E-state index contributed by atoms with van der Waals surface area (Å²) < 4.78 is 14.6. The van der Waals surface area contributed by atoms with Gasteiger partial charge in [0.05, 0.1) is 14.2 Å². The highest BCUT2D eigenvalue weighted by Gasteiger charge is 2.29. The minimum atomic E-state index is -0.439. The number of esters is 1. The molecule has 0 aliphatic rings. The van der Waals surface area contributed by atoms with Crippen LogP contribution < -0.4 is 4.74 Å². The largest absolute Gasteiger partial charge is 0.479 e. The van der Waals surface area contributed by atoms with Crippen molar-refractivity contribution in [1.29, 1.82) is 0 Å². The van der Waals surface area contributed by atoms with E-state index in [1.165, 1.54) is 14.2 Å². The first-order valence-corrected chi connectivity index (χ1v) is 4.68. The molecule has 5 nitrogen and oxygen atoms in total. The SMILES string of the molecule is COC(=O)C(c1cc(OC)no1)C(C)C. The number of aromatic nitrogens is 1. The molecule has 0 N–H and O–H groups in total. The van der Waals surface area contributed by atoms with E-state index in [0.29, 0.717) is 11.6 Å². The smallest absolute Gasteiger partial charge is 0.316 e. The Balaban J connectivity index is 2.93. The van der Waals surface area contributed by atoms with Crippen LogP contribution in [0.15, 0.2) is 10.6 Å². The fraction of sp³-hybridized carbons (Fsp3) is 0.600. The van der Waals surface area contributed by atoms with Crippen LogP contribution in [0.2, 0.25) is 0 Å². The lowest BCUT2D eigenvalue weighted by molar-refractivity contribution is -0.144. The van der Waals surface area contributed by atoms with E-state index in [4.69, 9.17) is 14.0 Å². The number of rotatable bonds is 4. The van der Waals surface area contributed by atoms with Crippen LogP contribution >= 0.6 is 0 Å². The predicted octanol–water partition coefficient (Wildman–Crippen LogP) is 1.60. The van der Waals surface area contributed by atoms with E-state index in [1.807, 2.05) is 13.8 Å². The second-order valence-electron chi connectivity index (χ2n) is 3.52. The number of carbonyl (C=O) groups excluding carboxylic acids is 1. The summed E-state index contributed by atoms with van der Waals surface area (Å²) in [6.07, 6.45) is 0. The Morgan fingerprint density at radius 1 is 1.47 bits per heavy atom. The average molecular weight is 213 g/mol. The first-order valence-electron chi connectivity index (χ1n) is 4.68. The summed E-state index contributed by atoms with van der Waals surface area (Å²) in [6, 6.07) is 1.60. The molecular formula is C10H15NO4. The van der Waals surface area contributed by atoms with Crippen molar-refractivity contribution >= 4 is 5.97 Å². The molecule has 0 saturated heterocycles. The van der Waals surface area contributed by atoms with Gasteiger partial charge < -0.3 is 14.0 Å². The molecule has 5 heteroatoms. The lowest BCUT2D eigenvalue weighted by Gasteiger charge is -2.14. The van der Waals surface area contributed by atoms with Crippen molar-refractivity contribution in [2.75, 3.05) is 14.2 Å². The van der Waals surface area contributed by atoms with Crippen molar-refractivity contribution in [3.05, 3.63) is 11.8 Å². The van der Waals surface area contributed by atoms with Crippen LogP contribution in [0.1, 0.15) is 25.5 Å². The van der Waals surface area contributed by atoms with E-state index in [0.717, 1.165) is 0 Å². The van der Waals surface area contributed by atoms with Crippen LogP contribution in [0.5, 0.6) is 5.88 Å². The zero-order chi connectivity index (χ0) is 11.4. The Labute approximate surface area is 88.3 Å². The molecule has 1 unspecified atom stereocenters. The maximum Gasteiger partial charge on any atom is 0.316 e. The monoisotopic (exact) mass is 213 g/mol. The second-order valence-corrected chi connectivity index (χ2v) is 3.52. The summed E-state index contributed by atoms with van der Waals surface area (Å²) in [5.74, 6) is 0.138. The van der Waals surface area contributed by atoms with E-state index in [1.54, 1.807) is 6.07 Å². The average Bonchev–Trinajstić information content (AvgIpc) is 2.65. The van der Waals surface area contributed by atoms with Gasteiger partial charge in [0.25, 0.3) is 5.88 Å². The topological polar surface area (TPSA) is 61.6 Å². The zero-order valence-electron chi connectivity index (χ0n) is 9.31. The van der Waals surface area contributed by atoms with Gasteiger partial charge in [0.1, 0.15) is 5.92 Å². The van der Waals surface area contributed by atoms with Crippen LogP contribution in [0, 0.1) is 5.92 Å². The molecule has 1 rings (SSSR count). The van der Waals surface area contributed by atoms with Crippen molar-refractivity contribution < 1.29 is 18.8 Å². The van der Waals surface area contributed by atoms with Crippen molar-refractivity contribution in [1.82, 2.24) is 5.16 Å². The fourth-order valence-electron chi connectivity index (χ4n) is 1.36. The van der Waals surface area contributed by atoms with Gasteiger partial charge in [-0.15, -0.1) is 0 Å². The van der Waals surface area contributed by atoms with Crippen molar-refractivity contribution in [3.63, 3.8) is 0 Å². The van der Waals surface area contributed by atoms with Gasteiger partial charge in [0.2, 0.25) is 0 Å². The van der Waals surface area contributed by atoms with E-state index in [9.17, 15) is 4.79 Å². The Morgan fingerprint density at radius 2 is 2.13 bits per heavy atom. The molecule has 0 radical (unpaired) electrons. The number of hydrogen-bond donors (Lipinski definition) is 0. The van der Waals surface area contributed by atoms with E-state index < -0.39 is 5.92 Å². The molecule has 15 heavy (non-hydrogen) atoms. The van der Waals surface area contributed by atoms with E-state index in [-0.39, 0.29) is 11.9 Å². The van der Waals surface area contributed by atoms with Gasteiger partial charge in [-0.05, 0) is 11.1 Å². The fourth-order valence-corrected chi connectivity index (χ4v) is 1.36. The first-order chi connectivity index (χ1) is 7.10. The van der Waals surface area contributed by atoms with Crippen molar-refractivity contribution in [2.24, 2.45) is 5.92 Å². The Bertz CT molecular complexity index is 332. The summed E-state index contributed by atoms with van der Waals surface area (Å²) in [7, 11) is 2.84. The third-order valence-electron chi connectivity index (χ3n) is 2.14. The molecule has 1 atom stereocenters. The van der Waals surface area contributed by atoms with Crippen molar-refractivity contribution in [2.45, 2.75) is 19.8 Å². The van der Waals surface area contributed by atoms with Crippen LogP contribution in [-0.4, -0.2) is 25.3 Å². The molecule has 1 heterocycles. The maximum atomic E-state index is 11.5. The molecule has 0 amide bonds. The lowest BCUT2D eigenvalue weighted by Crippen LogP contribution is -2.18. The van der Waals surface area contributed by atoms with Gasteiger partial charge in [-0.3, -0.25) is 4.79 Å². The standard InChI is InChI=1S/C10H15NO4/c1-6(2)9(10(12)14-4)7-5-8(13-3)11-15-7/h5-6,9H,1-4H3. The molecule has 1 aromatic heterocycles. The van der Waals surface area contributed by atoms with Gasteiger partial charge in [-0.2, -0.15) is 0 Å². The van der Waals surface area contributed by atoms with Crippen LogP contribution in [0.3, 0.4) is 0 Å². The molecule has 0 aromatic carbocycles. The third-order valence-corrected chi connectivity index (χ3v) is 2.14. The van der Waals surface area contributed by atoms with E-state index >= 15 is 0 Å². The number of hydrogen-bond acceptors (Lipinski definition) is 5. The quantitative estimate of drug-likeness (QED) is 0.711. The summed E-state index contributed by atoms with van der Waals surface area (Å²) >= 11 is 0. The number of methoxy groups -OCH3 is 2. The van der Waals surface area contributed by atoms with Gasteiger partial charge in [0.15, 0.2) is 5.76 Å². The second kappa shape index (κ2) is 4.82. The zero-order valence-corrected chi connectivity index (χ0v) is 9.31. The number of nitrogens with zero attached hydrogens (tertiary/aromatic N) is 1. The lowest BCUT2D eigenvalue weighted by atomic mass is 9.93. The molecular weight excluding hydrogens is 198 g/mol. The number of carbonyl (C=O) groups is 1. The molecule has 0 saturated carbocycles. The Kier molecular flexibility index (Phi) is 3.71. The predicted molar refractivity (Wildman–Crippen MR) is 52.7 cm³/mol. The van der Waals surface area contributed by atoms with Gasteiger partial charge in [0, 0.05) is 6.07 Å². The first kappa shape index (κ1) is 11.6. The minimum Gasteiger partial charge on any atom is -0.479 e. The number of ether oxygens (including phenoxy) is 2. The Hall–Kier alpha value is -1.52. The molecule has 84 valence electrons. The van der Waals surface area contributed by atoms with E-state index in [2.05, 4.69) is 5.16 Å². The maximum absolute atomic E-state index is 11.5. The normalized spacial score (nSPS) is 12.6. The molecule has 0 bridgehead atoms. The van der Waals surface area contributed by atoms with Gasteiger partial charge >= 0.3 is 5.97 Å². The summed E-state index contributed by atoms with van der Waals surface area (Å²) in [4.78, 5) is 11.5. The molecule has 0 spiro atoms. The van der Waals surface area contributed by atoms with Crippen LogP contribution in [0.4, 0.5) is 0 Å². The summed E-state index contributed by atoms with van der Waals surface area (Å²) in [6.45, 7) is 3.83. The van der Waals surface area contributed by atoms with Gasteiger partial charge in [-0.1, -0.05) is 13.8 Å². The highest BCUT2D eigenvalue weighted by Crippen LogP contribution is 2.28. The molecule has 0 fully saturated rings. The molecule has 0 aliphatic heterocycles. The minimum absolute atomic E-state index is 0.0788.